The van der Waals surface area contributed by atoms with Crippen molar-refractivity contribution in [2.45, 2.75) is 6.18 Å². The normalized spacial score (nSPS) is 11.2. The van der Waals surface area contributed by atoms with Crippen LogP contribution in [0.15, 0.2) is 42.5 Å². The Balaban J connectivity index is 2.41. The molecule has 1 N–H and O–H groups in total. The number of nitrogens with zero attached hydrogens (tertiary/aromatic N) is 1. The lowest BCUT2D eigenvalue weighted by Crippen LogP contribution is -2.18. The molecule has 23 heavy (non-hydrogen) atoms. The van der Waals surface area contributed by atoms with Crippen LogP contribution < -0.4 is 10.2 Å². The second kappa shape index (κ2) is 6.77. The molecular formula is C16H14F3IN2O. The van der Waals surface area contributed by atoms with Crippen LogP contribution in [-0.4, -0.2) is 20.0 Å². The minimum Gasteiger partial charge on any atom is -0.376 e. The summed E-state index contributed by atoms with van der Waals surface area (Å²) in [6, 6.07) is 10.2. The van der Waals surface area contributed by atoms with Crippen molar-refractivity contribution in [1.29, 1.82) is 0 Å². The summed E-state index contributed by atoms with van der Waals surface area (Å²) in [4.78, 5) is 14.0. The Hall–Kier alpha value is -1.77. The molecule has 2 aromatic carbocycles. The predicted octanol–water partition coefficient (Wildman–Crippen LogP) is 4.63. The molecule has 0 heterocycles. The number of amides is 1. The SMILES string of the molecule is CN(C)c1ccc(C(F)(F)F)cc1NC(=O)c1ccccc1I. The summed E-state index contributed by atoms with van der Waals surface area (Å²) in [5, 5.41) is 2.58. The molecule has 0 aromatic heterocycles. The van der Waals surface area contributed by atoms with E-state index < -0.39 is 17.6 Å². The number of benzene rings is 2. The lowest BCUT2D eigenvalue weighted by Gasteiger charge is -2.20. The lowest BCUT2D eigenvalue weighted by molar-refractivity contribution is -0.137. The smallest absolute Gasteiger partial charge is 0.376 e. The van der Waals surface area contributed by atoms with Gasteiger partial charge in [-0.25, -0.2) is 0 Å². The van der Waals surface area contributed by atoms with Crippen LogP contribution in [-0.2, 0) is 6.18 Å². The van der Waals surface area contributed by atoms with Gasteiger partial charge in [0.1, 0.15) is 0 Å². The molecule has 3 nitrogen and oxygen atoms in total. The van der Waals surface area contributed by atoms with Gasteiger partial charge in [0.05, 0.1) is 22.5 Å². The van der Waals surface area contributed by atoms with Crippen molar-refractivity contribution >= 4 is 39.9 Å². The average Bonchev–Trinajstić information content (AvgIpc) is 2.46. The molecule has 2 rings (SSSR count). The quantitative estimate of drug-likeness (QED) is 0.715. The average molecular weight is 434 g/mol. The molecule has 1 amide bonds. The molecule has 0 saturated heterocycles. The van der Waals surface area contributed by atoms with Crippen molar-refractivity contribution in [2.24, 2.45) is 0 Å². The van der Waals surface area contributed by atoms with E-state index in [4.69, 9.17) is 0 Å². The van der Waals surface area contributed by atoms with E-state index in [1.54, 1.807) is 43.3 Å². The first-order valence-electron chi connectivity index (χ1n) is 6.64. The lowest BCUT2D eigenvalue weighted by atomic mass is 10.1. The molecule has 0 radical (unpaired) electrons. The van der Waals surface area contributed by atoms with Gasteiger partial charge in [-0.3, -0.25) is 4.79 Å². The molecule has 0 atom stereocenters. The largest absolute Gasteiger partial charge is 0.416 e. The number of carbonyl (C=O) groups is 1. The van der Waals surface area contributed by atoms with E-state index in [0.717, 1.165) is 15.7 Å². The third-order valence-corrected chi connectivity index (χ3v) is 4.11. The van der Waals surface area contributed by atoms with Gasteiger partial charge in [-0.05, 0) is 52.9 Å². The highest BCUT2D eigenvalue weighted by atomic mass is 127. The molecule has 0 fully saturated rings. The Morgan fingerprint density at radius 2 is 1.78 bits per heavy atom. The number of alkyl halides is 3. The highest BCUT2D eigenvalue weighted by Gasteiger charge is 2.31. The molecule has 0 aliphatic rings. The van der Waals surface area contributed by atoms with E-state index in [1.165, 1.54) is 6.07 Å². The van der Waals surface area contributed by atoms with E-state index in [0.29, 0.717) is 11.3 Å². The molecule has 0 bridgehead atoms. The third kappa shape index (κ3) is 4.15. The minimum absolute atomic E-state index is 0.120. The maximum atomic E-state index is 12.9. The number of nitrogens with one attached hydrogen (secondary N) is 1. The first-order chi connectivity index (χ1) is 10.7. The first-order valence-corrected chi connectivity index (χ1v) is 7.72. The molecule has 0 saturated carbocycles. The highest BCUT2D eigenvalue weighted by Crippen LogP contribution is 2.35. The molecule has 0 aliphatic carbocycles. The van der Waals surface area contributed by atoms with Crippen LogP contribution in [0.5, 0.6) is 0 Å². The standard InChI is InChI=1S/C16H14F3IN2O/c1-22(2)14-8-7-10(16(17,18)19)9-13(14)21-15(23)11-5-3-4-6-12(11)20/h3-9H,1-2H3,(H,21,23). The van der Waals surface area contributed by atoms with Crippen LogP contribution in [0.2, 0.25) is 0 Å². The summed E-state index contributed by atoms with van der Waals surface area (Å²) in [5.74, 6) is -0.447. The van der Waals surface area contributed by atoms with Crippen LogP contribution in [0.25, 0.3) is 0 Å². The maximum Gasteiger partial charge on any atom is 0.416 e. The number of hydrogen-bond donors (Lipinski definition) is 1. The molecule has 0 aliphatic heterocycles. The van der Waals surface area contributed by atoms with Crippen LogP contribution >= 0.6 is 22.6 Å². The molecule has 122 valence electrons. The molecular weight excluding hydrogens is 420 g/mol. The second-order valence-corrected chi connectivity index (χ2v) is 6.22. The second-order valence-electron chi connectivity index (χ2n) is 5.06. The van der Waals surface area contributed by atoms with E-state index in [2.05, 4.69) is 5.32 Å². The number of halogens is 4. The third-order valence-electron chi connectivity index (χ3n) is 3.17. The summed E-state index contributed by atoms with van der Waals surface area (Å²) in [7, 11) is 3.40. The number of carbonyl (C=O) groups excluding carboxylic acids is 1. The van der Waals surface area contributed by atoms with Crippen LogP contribution in [0, 0.1) is 3.57 Å². The predicted molar refractivity (Wildman–Crippen MR) is 92.9 cm³/mol. The van der Waals surface area contributed by atoms with Gasteiger partial charge in [0.25, 0.3) is 5.91 Å². The zero-order valence-corrected chi connectivity index (χ0v) is 14.6. The summed E-state index contributed by atoms with van der Waals surface area (Å²) in [5.41, 5.74) is 0.225. The number of anilines is 2. The Kier molecular flexibility index (Phi) is 5.18. The summed E-state index contributed by atoms with van der Waals surface area (Å²) < 4.78 is 39.4. The Labute approximate surface area is 145 Å². The molecule has 2 aromatic rings. The zero-order chi connectivity index (χ0) is 17.2. The van der Waals surface area contributed by atoms with E-state index in [-0.39, 0.29) is 5.69 Å². The van der Waals surface area contributed by atoms with Crippen LogP contribution in [0.1, 0.15) is 15.9 Å². The summed E-state index contributed by atoms with van der Waals surface area (Å²) >= 11 is 2.01. The van der Waals surface area contributed by atoms with Gasteiger partial charge in [0, 0.05) is 17.7 Å². The molecule has 0 spiro atoms. The van der Waals surface area contributed by atoms with Gasteiger partial charge in [-0.1, -0.05) is 12.1 Å². The van der Waals surface area contributed by atoms with Crippen molar-refractivity contribution in [3.8, 4) is 0 Å². The highest BCUT2D eigenvalue weighted by molar-refractivity contribution is 14.1. The number of hydrogen-bond acceptors (Lipinski definition) is 2. The van der Waals surface area contributed by atoms with E-state index >= 15 is 0 Å². The summed E-state index contributed by atoms with van der Waals surface area (Å²) in [6.45, 7) is 0. The van der Waals surface area contributed by atoms with Gasteiger partial charge >= 0.3 is 6.18 Å². The minimum atomic E-state index is -4.47. The zero-order valence-electron chi connectivity index (χ0n) is 12.4. The van der Waals surface area contributed by atoms with Gasteiger partial charge in [0.15, 0.2) is 0 Å². The van der Waals surface area contributed by atoms with Gasteiger partial charge in [-0.15, -0.1) is 0 Å². The van der Waals surface area contributed by atoms with E-state index in [1.807, 2.05) is 22.6 Å². The van der Waals surface area contributed by atoms with Crippen molar-refractivity contribution < 1.29 is 18.0 Å². The summed E-state index contributed by atoms with van der Waals surface area (Å²) in [6.07, 6.45) is -4.47. The van der Waals surface area contributed by atoms with Crippen molar-refractivity contribution in [3.63, 3.8) is 0 Å². The van der Waals surface area contributed by atoms with Gasteiger partial charge < -0.3 is 10.2 Å². The fourth-order valence-corrected chi connectivity index (χ4v) is 2.67. The fraction of sp³-hybridized carbons (Fsp3) is 0.188. The van der Waals surface area contributed by atoms with E-state index in [9.17, 15) is 18.0 Å². The van der Waals surface area contributed by atoms with Crippen LogP contribution in [0.3, 0.4) is 0 Å². The monoisotopic (exact) mass is 434 g/mol. The maximum absolute atomic E-state index is 12.9. The number of rotatable bonds is 3. The van der Waals surface area contributed by atoms with Crippen molar-refractivity contribution in [3.05, 3.63) is 57.2 Å². The van der Waals surface area contributed by atoms with Crippen molar-refractivity contribution in [2.75, 3.05) is 24.3 Å². The van der Waals surface area contributed by atoms with Gasteiger partial charge in [-0.2, -0.15) is 13.2 Å². The van der Waals surface area contributed by atoms with Gasteiger partial charge in [0.2, 0.25) is 0 Å². The Bertz CT molecular complexity index is 730. The first kappa shape index (κ1) is 17.6. The molecule has 0 unspecified atom stereocenters. The van der Waals surface area contributed by atoms with Crippen LogP contribution in [0.4, 0.5) is 24.5 Å². The molecule has 7 heteroatoms. The Morgan fingerprint density at radius 1 is 1.13 bits per heavy atom. The van der Waals surface area contributed by atoms with Crippen molar-refractivity contribution in [1.82, 2.24) is 0 Å². The fourth-order valence-electron chi connectivity index (χ4n) is 2.04. The topological polar surface area (TPSA) is 32.3 Å². The Morgan fingerprint density at radius 3 is 2.35 bits per heavy atom.